The van der Waals surface area contributed by atoms with Crippen molar-refractivity contribution in [3.63, 3.8) is 0 Å². The Morgan fingerprint density at radius 1 is 1.48 bits per heavy atom. The van der Waals surface area contributed by atoms with E-state index in [2.05, 4.69) is 10.6 Å². The largest absolute Gasteiger partial charge is 0.467 e. The first kappa shape index (κ1) is 18.0. The van der Waals surface area contributed by atoms with E-state index in [1.807, 2.05) is 6.92 Å². The maximum Gasteiger partial charge on any atom is 0.315 e. The monoisotopic (exact) mass is 342 g/mol. The number of hydrogen-bond acceptors (Lipinski definition) is 4. The Morgan fingerprint density at radius 3 is 2.91 bits per heavy atom. The summed E-state index contributed by atoms with van der Waals surface area (Å²) in [4.78, 5) is 12.3. The van der Waals surface area contributed by atoms with Gasteiger partial charge in [0, 0.05) is 29.7 Å². The van der Waals surface area contributed by atoms with Crippen molar-refractivity contribution in [3.05, 3.63) is 24.2 Å². The Balaban J connectivity index is 1.95. The number of methoxy groups -OCH3 is 1. The van der Waals surface area contributed by atoms with Gasteiger partial charge in [-0.1, -0.05) is 19.8 Å². The van der Waals surface area contributed by atoms with Crippen LogP contribution in [0.3, 0.4) is 0 Å². The number of ether oxygens (including phenoxy) is 1. The quantitative estimate of drug-likeness (QED) is 0.797. The fourth-order valence-electron chi connectivity index (χ4n) is 3.01. The molecule has 2 N–H and O–H groups in total. The number of nitrogens with one attached hydrogen (secondary N) is 2. The summed E-state index contributed by atoms with van der Waals surface area (Å²) in [7, 11) is 0.689. The number of hydrogen-bond donors (Lipinski definition) is 2. The molecule has 4 atom stereocenters. The molecule has 0 bridgehead atoms. The highest BCUT2D eigenvalue weighted by atomic mass is 32.2. The summed E-state index contributed by atoms with van der Waals surface area (Å²) in [5, 5.41) is 5.92. The highest BCUT2D eigenvalue weighted by Gasteiger charge is 2.30. The summed E-state index contributed by atoms with van der Waals surface area (Å²) >= 11 is 0. The average Bonchev–Trinajstić information content (AvgIpc) is 3.08. The Labute approximate surface area is 139 Å². The zero-order valence-electron chi connectivity index (χ0n) is 13.7. The Morgan fingerprint density at radius 2 is 2.26 bits per heavy atom. The van der Waals surface area contributed by atoms with Gasteiger partial charge in [-0.05, 0) is 25.0 Å². The van der Waals surface area contributed by atoms with Crippen molar-refractivity contribution in [2.75, 3.05) is 19.5 Å². The Bertz CT molecular complexity index is 506. The predicted molar refractivity (Wildman–Crippen MR) is 89.7 cm³/mol. The third-order valence-corrected chi connectivity index (χ3v) is 5.98. The van der Waals surface area contributed by atoms with Crippen LogP contribution in [-0.4, -0.2) is 41.0 Å². The lowest BCUT2D eigenvalue weighted by atomic mass is 9.95. The molecule has 23 heavy (non-hydrogen) atoms. The fraction of sp³-hybridized carbons (Fsp3) is 0.688. The maximum atomic E-state index is 12.3. The van der Waals surface area contributed by atoms with E-state index in [4.69, 9.17) is 9.15 Å². The first-order valence-electron chi connectivity index (χ1n) is 8.12. The van der Waals surface area contributed by atoms with Crippen LogP contribution in [0.4, 0.5) is 4.79 Å². The predicted octanol–water partition coefficient (Wildman–Crippen LogP) is 2.35. The van der Waals surface area contributed by atoms with Crippen LogP contribution in [-0.2, 0) is 15.5 Å². The summed E-state index contributed by atoms with van der Waals surface area (Å²) in [6, 6.07) is 2.94. The lowest BCUT2D eigenvalue weighted by molar-refractivity contribution is 0.156. The molecule has 130 valence electrons. The minimum atomic E-state index is -0.891. The molecule has 0 unspecified atom stereocenters. The van der Waals surface area contributed by atoms with E-state index in [9.17, 15) is 9.00 Å². The fourth-order valence-corrected chi connectivity index (χ4v) is 4.44. The van der Waals surface area contributed by atoms with E-state index in [-0.39, 0.29) is 23.4 Å². The second-order valence-corrected chi connectivity index (χ2v) is 7.68. The van der Waals surface area contributed by atoms with Crippen LogP contribution in [0.2, 0.25) is 0 Å². The van der Waals surface area contributed by atoms with Crippen molar-refractivity contribution in [3.8, 4) is 0 Å². The Kier molecular flexibility index (Phi) is 7.11. The van der Waals surface area contributed by atoms with E-state index in [0.717, 1.165) is 25.7 Å². The van der Waals surface area contributed by atoms with Crippen molar-refractivity contribution in [1.82, 2.24) is 10.6 Å². The van der Waals surface area contributed by atoms with Crippen LogP contribution in [0.5, 0.6) is 0 Å². The van der Waals surface area contributed by atoms with Crippen LogP contribution in [0.25, 0.3) is 0 Å². The van der Waals surface area contributed by atoms with Gasteiger partial charge in [0.2, 0.25) is 0 Å². The van der Waals surface area contributed by atoms with Crippen molar-refractivity contribution >= 4 is 16.8 Å². The second-order valence-electron chi connectivity index (χ2n) is 5.74. The van der Waals surface area contributed by atoms with E-state index < -0.39 is 10.8 Å². The molecule has 0 radical (unpaired) electrons. The average molecular weight is 342 g/mol. The number of rotatable bonds is 7. The molecule has 1 saturated carbocycles. The van der Waals surface area contributed by atoms with Crippen molar-refractivity contribution in [2.24, 2.45) is 0 Å². The SMILES string of the molecule is CC[S@](=O)[C@@H]1CCCC[C@@H]1NC(=O)N[C@H](COC)c1ccco1. The van der Waals surface area contributed by atoms with Gasteiger partial charge in [-0.25, -0.2) is 4.79 Å². The van der Waals surface area contributed by atoms with Gasteiger partial charge in [-0.15, -0.1) is 0 Å². The summed E-state index contributed by atoms with van der Waals surface area (Å²) in [5.74, 6) is 1.28. The van der Waals surface area contributed by atoms with Crippen LogP contribution >= 0.6 is 0 Å². The van der Waals surface area contributed by atoms with Gasteiger partial charge in [0.25, 0.3) is 0 Å². The summed E-state index contributed by atoms with van der Waals surface area (Å²) in [6.07, 6.45) is 5.49. The number of amides is 2. The topological polar surface area (TPSA) is 80.6 Å². The van der Waals surface area contributed by atoms with Crippen LogP contribution in [0, 0.1) is 0 Å². The number of urea groups is 1. The normalized spacial score (nSPS) is 23.9. The van der Waals surface area contributed by atoms with Gasteiger partial charge >= 0.3 is 6.03 Å². The smallest absolute Gasteiger partial charge is 0.315 e. The van der Waals surface area contributed by atoms with E-state index in [1.165, 1.54) is 0 Å². The van der Waals surface area contributed by atoms with E-state index in [1.54, 1.807) is 25.5 Å². The molecule has 1 aromatic heterocycles. The minimum Gasteiger partial charge on any atom is -0.467 e. The molecule has 1 aliphatic rings. The molecule has 0 spiro atoms. The number of carbonyl (C=O) groups excluding carboxylic acids is 1. The summed E-state index contributed by atoms with van der Waals surface area (Å²) < 4.78 is 22.7. The maximum absolute atomic E-state index is 12.3. The van der Waals surface area contributed by atoms with Crippen molar-refractivity contribution in [1.29, 1.82) is 0 Å². The van der Waals surface area contributed by atoms with Crippen LogP contribution in [0.15, 0.2) is 22.8 Å². The molecule has 1 heterocycles. The van der Waals surface area contributed by atoms with Gasteiger partial charge in [0.05, 0.1) is 18.1 Å². The van der Waals surface area contributed by atoms with Gasteiger partial charge in [-0.3, -0.25) is 4.21 Å². The van der Waals surface area contributed by atoms with Crippen LogP contribution < -0.4 is 10.6 Å². The molecule has 1 aliphatic carbocycles. The third kappa shape index (κ3) is 5.07. The molecule has 1 fully saturated rings. The van der Waals surface area contributed by atoms with Gasteiger partial charge in [0.15, 0.2) is 0 Å². The molecule has 6 nitrogen and oxygen atoms in total. The molecule has 0 aliphatic heterocycles. The number of carbonyl (C=O) groups is 1. The van der Waals surface area contributed by atoms with Crippen molar-refractivity contribution < 1.29 is 18.2 Å². The zero-order valence-corrected chi connectivity index (χ0v) is 14.6. The first-order chi connectivity index (χ1) is 11.2. The lowest BCUT2D eigenvalue weighted by Gasteiger charge is -2.31. The highest BCUT2D eigenvalue weighted by Crippen LogP contribution is 2.23. The van der Waals surface area contributed by atoms with Gasteiger partial charge in [0.1, 0.15) is 11.8 Å². The molecule has 2 rings (SSSR count). The van der Waals surface area contributed by atoms with Gasteiger partial charge < -0.3 is 19.8 Å². The summed E-state index contributed by atoms with van der Waals surface area (Å²) in [6.45, 7) is 2.25. The first-order valence-corrected chi connectivity index (χ1v) is 9.50. The summed E-state index contributed by atoms with van der Waals surface area (Å²) in [5.41, 5.74) is 0. The molecule has 0 aromatic carbocycles. The van der Waals surface area contributed by atoms with E-state index in [0.29, 0.717) is 18.1 Å². The minimum absolute atomic E-state index is 0.0377. The molecule has 1 aromatic rings. The zero-order chi connectivity index (χ0) is 16.7. The Hall–Kier alpha value is -1.34. The number of furan rings is 1. The molecule has 7 heteroatoms. The van der Waals surface area contributed by atoms with Crippen molar-refractivity contribution in [2.45, 2.75) is 49.9 Å². The van der Waals surface area contributed by atoms with Crippen LogP contribution in [0.1, 0.15) is 44.4 Å². The molecule has 0 saturated heterocycles. The van der Waals surface area contributed by atoms with E-state index >= 15 is 0 Å². The molecular formula is C16H26N2O4S. The molecular weight excluding hydrogens is 316 g/mol. The standard InChI is InChI=1S/C16H26N2O4S/c1-3-23(20)15-9-5-4-7-12(15)17-16(19)18-13(11-21-2)14-8-6-10-22-14/h6,8,10,12-13,15H,3-5,7,9,11H2,1-2H3,(H2,17,18,19)/t12-,13+,15+,23-/m0/s1. The third-order valence-electron chi connectivity index (χ3n) is 4.17. The van der Waals surface area contributed by atoms with Gasteiger partial charge in [-0.2, -0.15) is 0 Å². The second kappa shape index (κ2) is 9.08. The molecule has 2 amide bonds. The lowest BCUT2D eigenvalue weighted by Crippen LogP contribution is -2.51. The highest BCUT2D eigenvalue weighted by molar-refractivity contribution is 7.85.